The van der Waals surface area contributed by atoms with Crippen LogP contribution in [0.4, 0.5) is 0 Å². The van der Waals surface area contributed by atoms with Crippen molar-refractivity contribution in [3.8, 4) is 0 Å². The number of hydrogen-bond donors (Lipinski definition) is 1. The fourth-order valence-corrected chi connectivity index (χ4v) is 3.00. The van der Waals surface area contributed by atoms with E-state index in [2.05, 4.69) is 55.1 Å². The van der Waals surface area contributed by atoms with Crippen molar-refractivity contribution in [3.63, 3.8) is 0 Å². The lowest BCUT2D eigenvalue weighted by atomic mass is 9.99. The monoisotopic (exact) mass is 261 g/mol. The number of nitrogens with zero attached hydrogens (tertiary/aromatic N) is 2. The van der Waals surface area contributed by atoms with E-state index in [1.54, 1.807) is 0 Å². The third kappa shape index (κ3) is 3.78. The van der Waals surface area contributed by atoms with Crippen molar-refractivity contribution >= 4 is 0 Å². The number of likely N-dealkylation sites (N-methyl/N-ethyl adjacent to an activating group) is 1. The first kappa shape index (κ1) is 14.5. The number of piperidine rings is 1. The van der Waals surface area contributed by atoms with Crippen LogP contribution in [-0.2, 0) is 0 Å². The minimum atomic E-state index is 0.117. The van der Waals surface area contributed by atoms with Crippen LogP contribution in [0.1, 0.15) is 30.0 Å². The molecule has 3 nitrogen and oxygen atoms in total. The summed E-state index contributed by atoms with van der Waals surface area (Å²) in [5.41, 5.74) is 8.96. The zero-order chi connectivity index (χ0) is 13.8. The summed E-state index contributed by atoms with van der Waals surface area (Å²) in [6, 6.07) is 9.26. The summed E-state index contributed by atoms with van der Waals surface area (Å²) < 4.78 is 0. The molecule has 1 saturated heterocycles. The zero-order valence-corrected chi connectivity index (χ0v) is 12.5. The molecule has 3 heteroatoms. The van der Waals surface area contributed by atoms with Crippen molar-refractivity contribution in [1.82, 2.24) is 9.80 Å². The minimum absolute atomic E-state index is 0.117. The first-order chi connectivity index (χ1) is 9.08. The summed E-state index contributed by atoms with van der Waals surface area (Å²) >= 11 is 0. The van der Waals surface area contributed by atoms with Crippen LogP contribution < -0.4 is 5.73 Å². The summed E-state index contributed by atoms with van der Waals surface area (Å²) in [7, 11) is 4.42. The first-order valence-electron chi connectivity index (χ1n) is 7.28. The molecule has 0 amide bonds. The Bertz CT molecular complexity index is 397. The molecule has 0 bridgehead atoms. The second-order valence-electron chi connectivity index (χ2n) is 5.94. The van der Waals surface area contributed by atoms with Gasteiger partial charge in [0.05, 0.1) is 0 Å². The van der Waals surface area contributed by atoms with Gasteiger partial charge < -0.3 is 15.5 Å². The predicted octanol–water partition coefficient (Wildman–Crippen LogP) is 2.02. The molecule has 0 aromatic heterocycles. The molecule has 0 saturated carbocycles. The largest absolute Gasteiger partial charge is 0.323 e. The SMILES string of the molecule is Cc1ccccc1C(N)CN(C)C1CCN(C)CC1. The van der Waals surface area contributed by atoms with Gasteiger partial charge in [-0.3, -0.25) is 0 Å². The summed E-state index contributed by atoms with van der Waals surface area (Å²) in [6.07, 6.45) is 2.51. The maximum absolute atomic E-state index is 6.38. The number of nitrogens with two attached hydrogens (primary N) is 1. The molecule has 19 heavy (non-hydrogen) atoms. The molecule has 106 valence electrons. The van der Waals surface area contributed by atoms with E-state index >= 15 is 0 Å². The third-order valence-corrected chi connectivity index (χ3v) is 4.38. The van der Waals surface area contributed by atoms with E-state index in [4.69, 9.17) is 5.73 Å². The zero-order valence-electron chi connectivity index (χ0n) is 12.5. The molecule has 1 fully saturated rings. The van der Waals surface area contributed by atoms with Crippen LogP contribution in [0.2, 0.25) is 0 Å². The lowest BCUT2D eigenvalue weighted by Crippen LogP contribution is -2.44. The first-order valence-corrected chi connectivity index (χ1v) is 7.28. The molecule has 0 radical (unpaired) electrons. The van der Waals surface area contributed by atoms with Gasteiger partial charge in [-0.05, 0) is 58.1 Å². The molecular weight excluding hydrogens is 234 g/mol. The van der Waals surface area contributed by atoms with Gasteiger partial charge in [0.25, 0.3) is 0 Å². The summed E-state index contributed by atoms with van der Waals surface area (Å²) in [5, 5.41) is 0. The molecule has 1 atom stereocenters. The summed E-state index contributed by atoms with van der Waals surface area (Å²) in [4.78, 5) is 4.86. The number of hydrogen-bond acceptors (Lipinski definition) is 3. The van der Waals surface area contributed by atoms with Crippen LogP contribution in [0, 0.1) is 6.92 Å². The van der Waals surface area contributed by atoms with Crippen molar-refractivity contribution < 1.29 is 0 Å². The average Bonchev–Trinajstić information content (AvgIpc) is 2.39. The molecule has 1 aliphatic rings. The number of likely N-dealkylation sites (tertiary alicyclic amines) is 1. The molecule has 1 unspecified atom stereocenters. The summed E-state index contributed by atoms with van der Waals surface area (Å²) in [6.45, 7) is 5.49. The molecule has 1 aliphatic heterocycles. The number of aryl methyl sites for hydroxylation is 1. The Morgan fingerprint density at radius 2 is 1.95 bits per heavy atom. The van der Waals surface area contributed by atoms with Crippen LogP contribution in [0.15, 0.2) is 24.3 Å². The normalized spacial score (nSPS) is 19.8. The van der Waals surface area contributed by atoms with Crippen LogP contribution in [0.5, 0.6) is 0 Å². The van der Waals surface area contributed by atoms with E-state index in [9.17, 15) is 0 Å². The molecular formula is C16H27N3. The van der Waals surface area contributed by atoms with Gasteiger partial charge in [0.15, 0.2) is 0 Å². The van der Waals surface area contributed by atoms with Gasteiger partial charge in [0.2, 0.25) is 0 Å². The van der Waals surface area contributed by atoms with Crippen LogP contribution >= 0.6 is 0 Å². The molecule has 2 N–H and O–H groups in total. The Hall–Kier alpha value is -0.900. The molecule has 0 spiro atoms. The van der Waals surface area contributed by atoms with E-state index in [1.165, 1.54) is 37.1 Å². The predicted molar refractivity (Wildman–Crippen MR) is 81.3 cm³/mol. The Morgan fingerprint density at radius 1 is 1.32 bits per heavy atom. The van der Waals surface area contributed by atoms with Gasteiger partial charge in [-0.1, -0.05) is 24.3 Å². The highest BCUT2D eigenvalue weighted by molar-refractivity contribution is 5.28. The Morgan fingerprint density at radius 3 is 2.58 bits per heavy atom. The van der Waals surface area contributed by atoms with Crippen molar-refractivity contribution in [2.45, 2.75) is 31.8 Å². The van der Waals surface area contributed by atoms with E-state index in [0.717, 1.165) is 6.54 Å². The van der Waals surface area contributed by atoms with Crippen molar-refractivity contribution in [1.29, 1.82) is 0 Å². The maximum atomic E-state index is 6.38. The molecule has 1 heterocycles. The van der Waals surface area contributed by atoms with Crippen LogP contribution in [0.3, 0.4) is 0 Å². The fraction of sp³-hybridized carbons (Fsp3) is 0.625. The average molecular weight is 261 g/mol. The maximum Gasteiger partial charge on any atom is 0.0426 e. The highest BCUT2D eigenvalue weighted by Crippen LogP contribution is 2.19. The molecule has 2 rings (SSSR count). The Labute approximate surface area is 117 Å². The Balaban J connectivity index is 1.91. The van der Waals surface area contributed by atoms with Crippen LogP contribution in [-0.4, -0.2) is 49.6 Å². The molecule has 1 aromatic carbocycles. The third-order valence-electron chi connectivity index (χ3n) is 4.38. The fourth-order valence-electron chi connectivity index (χ4n) is 3.00. The van der Waals surface area contributed by atoms with E-state index in [1.807, 2.05) is 0 Å². The minimum Gasteiger partial charge on any atom is -0.323 e. The smallest absolute Gasteiger partial charge is 0.0426 e. The molecule has 1 aromatic rings. The number of rotatable bonds is 4. The van der Waals surface area contributed by atoms with Crippen molar-refractivity contribution in [3.05, 3.63) is 35.4 Å². The second-order valence-corrected chi connectivity index (χ2v) is 5.94. The van der Waals surface area contributed by atoms with E-state index < -0.39 is 0 Å². The second kappa shape index (κ2) is 6.51. The quantitative estimate of drug-likeness (QED) is 0.900. The highest BCUT2D eigenvalue weighted by Gasteiger charge is 2.22. The van der Waals surface area contributed by atoms with E-state index in [-0.39, 0.29) is 6.04 Å². The standard InChI is InChI=1S/C16H27N3/c1-13-6-4-5-7-15(13)16(17)12-19(3)14-8-10-18(2)11-9-14/h4-7,14,16H,8-12,17H2,1-3H3. The van der Waals surface area contributed by atoms with E-state index in [0.29, 0.717) is 6.04 Å². The van der Waals surface area contributed by atoms with Gasteiger partial charge in [-0.25, -0.2) is 0 Å². The van der Waals surface area contributed by atoms with Gasteiger partial charge in [0, 0.05) is 18.6 Å². The lowest BCUT2D eigenvalue weighted by molar-refractivity contribution is 0.139. The number of benzene rings is 1. The highest BCUT2D eigenvalue weighted by atomic mass is 15.2. The van der Waals surface area contributed by atoms with Crippen LogP contribution in [0.25, 0.3) is 0 Å². The van der Waals surface area contributed by atoms with Gasteiger partial charge >= 0.3 is 0 Å². The Kier molecular flexibility index (Phi) is 4.97. The topological polar surface area (TPSA) is 32.5 Å². The molecule has 0 aliphatic carbocycles. The summed E-state index contributed by atoms with van der Waals surface area (Å²) in [5.74, 6) is 0. The lowest BCUT2D eigenvalue weighted by Gasteiger charge is -2.36. The van der Waals surface area contributed by atoms with Gasteiger partial charge in [0.1, 0.15) is 0 Å². The van der Waals surface area contributed by atoms with Gasteiger partial charge in [-0.2, -0.15) is 0 Å². The van der Waals surface area contributed by atoms with Gasteiger partial charge in [-0.15, -0.1) is 0 Å². The van der Waals surface area contributed by atoms with Crippen molar-refractivity contribution in [2.24, 2.45) is 5.73 Å². The van der Waals surface area contributed by atoms with Crippen molar-refractivity contribution in [2.75, 3.05) is 33.7 Å².